The zero-order valence-corrected chi connectivity index (χ0v) is 19.3. The molecule has 6 nitrogen and oxygen atoms in total. The smallest absolute Gasteiger partial charge is 0.252 e. The van der Waals surface area contributed by atoms with E-state index in [-0.39, 0.29) is 11.9 Å². The first-order chi connectivity index (χ1) is 16.7. The maximum atomic E-state index is 13.4. The third kappa shape index (κ3) is 4.92. The molecule has 4 aromatic rings. The van der Waals surface area contributed by atoms with Gasteiger partial charge in [0.15, 0.2) is 0 Å². The maximum Gasteiger partial charge on any atom is 0.252 e. The van der Waals surface area contributed by atoms with Crippen molar-refractivity contribution in [3.8, 4) is 17.0 Å². The molecule has 0 bridgehead atoms. The number of benzene rings is 2. The second-order valence-electron chi connectivity index (χ2n) is 8.65. The van der Waals surface area contributed by atoms with Crippen molar-refractivity contribution in [1.29, 1.82) is 0 Å². The Labute approximate surface area is 199 Å². The summed E-state index contributed by atoms with van der Waals surface area (Å²) < 4.78 is 5.27. The van der Waals surface area contributed by atoms with E-state index < -0.39 is 0 Å². The monoisotopic (exact) mass is 452 g/mol. The predicted molar refractivity (Wildman–Crippen MR) is 134 cm³/mol. The topological polar surface area (TPSA) is 67.3 Å². The standard InChI is InChI=1S/C28H28N4O2/c1-34-23-11-9-20(10-12-23)27-18-25(24-7-2-3-8-26(24)31-27)28(33)30-21-13-16-32(17-14-21)19-22-6-4-5-15-29-22/h2-12,15,18,21H,13-14,16-17,19H2,1H3,(H,30,33). The number of pyridine rings is 2. The van der Waals surface area contributed by atoms with Gasteiger partial charge in [0.1, 0.15) is 5.75 Å². The van der Waals surface area contributed by atoms with Gasteiger partial charge in [0.05, 0.1) is 29.6 Å². The average Bonchev–Trinajstić information content (AvgIpc) is 2.90. The predicted octanol–water partition coefficient (Wildman–Crippen LogP) is 4.70. The number of likely N-dealkylation sites (tertiary alicyclic amines) is 1. The van der Waals surface area contributed by atoms with E-state index in [0.29, 0.717) is 5.56 Å². The molecule has 0 unspecified atom stereocenters. The Bertz CT molecular complexity index is 1270. The summed E-state index contributed by atoms with van der Waals surface area (Å²) in [5.74, 6) is 0.744. The van der Waals surface area contributed by atoms with Gasteiger partial charge < -0.3 is 10.1 Å². The number of aromatic nitrogens is 2. The summed E-state index contributed by atoms with van der Waals surface area (Å²) in [6.07, 6.45) is 3.68. The van der Waals surface area contributed by atoms with Gasteiger partial charge in [0, 0.05) is 42.8 Å². The molecule has 0 atom stereocenters. The van der Waals surface area contributed by atoms with E-state index in [1.54, 1.807) is 7.11 Å². The summed E-state index contributed by atoms with van der Waals surface area (Å²) in [6.45, 7) is 2.73. The van der Waals surface area contributed by atoms with E-state index in [9.17, 15) is 4.79 Å². The van der Waals surface area contributed by atoms with Gasteiger partial charge in [-0.3, -0.25) is 14.7 Å². The SMILES string of the molecule is COc1ccc(-c2cc(C(=O)NC3CCN(Cc4ccccn4)CC3)c3ccccc3n2)cc1. The molecule has 0 saturated carbocycles. The Morgan fingerprint density at radius 1 is 1.03 bits per heavy atom. The Morgan fingerprint density at radius 2 is 1.79 bits per heavy atom. The molecule has 2 aromatic carbocycles. The first-order valence-corrected chi connectivity index (χ1v) is 11.7. The number of piperidine rings is 1. The normalized spacial score (nSPS) is 14.7. The number of ether oxygens (including phenoxy) is 1. The molecule has 2 aromatic heterocycles. The van der Waals surface area contributed by atoms with Gasteiger partial charge in [-0.25, -0.2) is 4.98 Å². The summed E-state index contributed by atoms with van der Waals surface area (Å²) in [5, 5.41) is 4.15. The lowest BCUT2D eigenvalue weighted by molar-refractivity contribution is 0.0910. The van der Waals surface area contributed by atoms with Crippen LogP contribution in [0.15, 0.2) is 79.0 Å². The van der Waals surface area contributed by atoms with E-state index in [4.69, 9.17) is 9.72 Å². The minimum Gasteiger partial charge on any atom is -0.497 e. The van der Waals surface area contributed by atoms with Gasteiger partial charge in [0.2, 0.25) is 0 Å². The average molecular weight is 453 g/mol. The quantitative estimate of drug-likeness (QED) is 0.459. The number of para-hydroxylation sites is 1. The summed E-state index contributed by atoms with van der Waals surface area (Å²) >= 11 is 0. The third-order valence-corrected chi connectivity index (χ3v) is 6.38. The van der Waals surface area contributed by atoms with Crippen LogP contribution in [0.1, 0.15) is 28.9 Å². The molecular weight excluding hydrogens is 424 g/mol. The summed E-state index contributed by atoms with van der Waals surface area (Å²) in [7, 11) is 1.65. The van der Waals surface area contributed by atoms with E-state index in [0.717, 1.165) is 66.1 Å². The summed E-state index contributed by atoms with van der Waals surface area (Å²) in [6, 6.07) is 23.6. The molecule has 0 aliphatic carbocycles. The number of methoxy groups -OCH3 is 1. The highest BCUT2D eigenvalue weighted by atomic mass is 16.5. The Balaban J connectivity index is 1.31. The first kappa shape index (κ1) is 22.0. The van der Waals surface area contributed by atoms with E-state index in [1.165, 1.54) is 0 Å². The molecule has 172 valence electrons. The molecule has 5 rings (SSSR count). The van der Waals surface area contributed by atoms with Gasteiger partial charge in [-0.05, 0) is 61.4 Å². The molecule has 34 heavy (non-hydrogen) atoms. The van der Waals surface area contributed by atoms with Gasteiger partial charge in [0.25, 0.3) is 5.91 Å². The number of nitrogens with one attached hydrogen (secondary N) is 1. The largest absolute Gasteiger partial charge is 0.497 e. The Hall–Kier alpha value is -3.77. The Kier molecular flexibility index (Phi) is 6.49. The molecule has 1 aliphatic heterocycles. The number of hydrogen-bond acceptors (Lipinski definition) is 5. The lowest BCUT2D eigenvalue weighted by Crippen LogP contribution is -2.44. The van der Waals surface area contributed by atoms with Crippen molar-refractivity contribution < 1.29 is 9.53 Å². The van der Waals surface area contributed by atoms with Gasteiger partial charge >= 0.3 is 0 Å². The zero-order valence-electron chi connectivity index (χ0n) is 19.3. The number of fused-ring (bicyclic) bond motifs is 1. The van der Waals surface area contributed by atoms with Crippen LogP contribution in [-0.2, 0) is 6.54 Å². The van der Waals surface area contributed by atoms with Crippen molar-refractivity contribution in [2.45, 2.75) is 25.4 Å². The number of carbonyl (C=O) groups excluding carboxylic acids is 1. The second-order valence-corrected chi connectivity index (χ2v) is 8.65. The van der Waals surface area contributed by atoms with E-state index in [1.807, 2.05) is 72.9 Å². The lowest BCUT2D eigenvalue weighted by atomic mass is 10.0. The third-order valence-electron chi connectivity index (χ3n) is 6.38. The van der Waals surface area contributed by atoms with Crippen molar-refractivity contribution >= 4 is 16.8 Å². The minimum atomic E-state index is -0.0449. The molecule has 1 saturated heterocycles. The van der Waals surface area contributed by atoms with Gasteiger partial charge in [-0.2, -0.15) is 0 Å². The Morgan fingerprint density at radius 3 is 2.53 bits per heavy atom. The minimum absolute atomic E-state index is 0.0449. The first-order valence-electron chi connectivity index (χ1n) is 11.7. The molecule has 6 heteroatoms. The maximum absolute atomic E-state index is 13.4. The van der Waals surface area contributed by atoms with Crippen LogP contribution in [0.2, 0.25) is 0 Å². The molecule has 1 amide bonds. The van der Waals surface area contributed by atoms with E-state index >= 15 is 0 Å². The van der Waals surface area contributed by atoms with Crippen LogP contribution in [0.3, 0.4) is 0 Å². The highest BCUT2D eigenvalue weighted by molar-refractivity contribution is 6.07. The highest BCUT2D eigenvalue weighted by Crippen LogP contribution is 2.27. The lowest BCUT2D eigenvalue weighted by Gasteiger charge is -2.32. The van der Waals surface area contributed by atoms with Crippen molar-refractivity contribution in [2.24, 2.45) is 0 Å². The molecule has 0 spiro atoms. The van der Waals surface area contributed by atoms with Crippen molar-refractivity contribution in [1.82, 2.24) is 20.2 Å². The number of carbonyl (C=O) groups is 1. The molecule has 1 aliphatic rings. The molecule has 1 N–H and O–H groups in total. The van der Waals surface area contributed by atoms with Gasteiger partial charge in [-0.15, -0.1) is 0 Å². The van der Waals surface area contributed by atoms with Crippen molar-refractivity contribution in [3.63, 3.8) is 0 Å². The molecule has 0 radical (unpaired) electrons. The zero-order chi connectivity index (χ0) is 23.3. The van der Waals surface area contributed by atoms with Gasteiger partial charge in [-0.1, -0.05) is 24.3 Å². The highest BCUT2D eigenvalue weighted by Gasteiger charge is 2.23. The number of rotatable bonds is 6. The second kappa shape index (κ2) is 10.0. The van der Waals surface area contributed by atoms with Crippen LogP contribution < -0.4 is 10.1 Å². The van der Waals surface area contributed by atoms with Crippen LogP contribution >= 0.6 is 0 Å². The number of amides is 1. The van der Waals surface area contributed by atoms with Crippen LogP contribution in [0.5, 0.6) is 5.75 Å². The molecular formula is C28H28N4O2. The fourth-order valence-corrected chi connectivity index (χ4v) is 4.49. The number of hydrogen-bond donors (Lipinski definition) is 1. The molecule has 1 fully saturated rings. The number of nitrogens with zero attached hydrogens (tertiary/aromatic N) is 3. The molecule has 3 heterocycles. The summed E-state index contributed by atoms with van der Waals surface area (Å²) in [4.78, 5) is 25.0. The van der Waals surface area contributed by atoms with E-state index in [2.05, 4.69) is 21.3 Å². The van der Waals surface area contributed by atoms with Crippen molar-refractivity contribution in [2.75, 3.05) is 20.2 Å². The van der Waals surface area contributed by atoms with Crippen LogP contribution in [-0.4, -0.2) is 47.0 Å². The fourth-order valence-electron chi connectivity index (χ4n) is 4.49. The fraction of sp³-hybridized carbons (Fsp3) is 0.250. The van der Waals surface area contributed by atoms with Crippen LogP contribution in [0.4, 0.5) is 0 Å². The van der Waals surface area contributed by atoms with Crippen LogP contribution in [0.25, 0.3) is 22.2 Å². The van der Waals surface area contributed by atoms with Crippen LogP contribution in [0, 0.1) is 0 Å². The summed E-state index contributed by atoms with van der Waals surface area (Å²) in [5.41, 5.74) is 4.28. The van der Waals surface area contributed by atoms with Crippen molar-refractivity contribution in [3.05, 3.63) is 90.3 Å².